The lowest BCUT2D eigenvalue weighted by atomic mass is 9.97. The molecular weight excluding hydrogens is 286 g/mol. The van der Waals surface area contributed by atoms with Crippen LogP contribution < -0.4 is 5.56 Å². The molecule has 0 radical (unpaired) electrons. The van der Waals surface area contributed by atoms with Crippen molar-refractivity contribution in [1.82, 2.24) is 4.57 Å². The topological polar surface area (TPSA) is 42.2 Å². The SMILES string of the molecule is O=c1c(CCc2ccccc2)c(O)c2cccc3c2n1CCC3. The highest BCUT2D eigenvalue weighted by atomic mass is 16.3. The lowest BCUT2D eigenvalue weighted by Gasteiger charge is -2.21. The maximum atomic E-state index is 12.8. The van der Waals surface area contributed by atoms with Crippen molar-refractivity contribution in [1.29, 1.82) is 0 Å². The van der Waals surface area contributed by atoms with Crippen molar-refractivity contribution in [3.63, 3.8) is 0 Å². The van der Waals surface area contributed by atoms with E-state index in [2.05, 4.69) is 18.2 Å². The Bertz CT molecular complexity index is 926. The Hall–Kier alpha value is -2.55. The van der Waals surface area contributed by atoms with Crippen molar-refractivity contribution in [2.45, 2.75) is 32.2 Å². The number of nitrogens with zero attached hydrogens (tertiary/aromatic N) is 1. The Morgan fingerprint density at radius 2 is 1.83 bits per heavy atom. The third-order valence-electron chi connectivity index (χ3n) is 4.77. The number of benzene rings is 2. The van der Waals surface area contributed by atoms with Crippen molar-refractivity contribution < 1.29 is 5.11 Å². The van der Waals surface area contributed by atoms with E-state index in [9.17, 15) is 9.90 Å². The van der Waals surface area contributed by atoms with E-state index in [1.807, 2.05) is 34.9 Å². The van der Waals surface area contributed by atoms with E-state index in [0.717, 1.165) is 42.3 Å². The van der Waals surface area contributed by atoms with Gasteiger partial charge in [-0.3, -0.25) is 4.79 Å². The van der Waals surface area contributed by atoms with E-state index in [0.29, 0.717) is 12.0 Å². The maximum absolute atomic E-state index is 12.8. The van der Waals surface area contributed by atoms with Crippen LogP contribution in [0, 0.1) is 0 Å². The number of aromatic nitrogens is 1. The molecule has 2 heterocycles. The molecule has 1 aliphatic heterocycles. The minimum Gasteiger partial charge on any atom is -0.507 e. The molecule has 1 N–H and O–H groups in total. The predicted octanol–water partition coefficient (Wildman–Crippen LogP) is 3.44. The Labute approximate surface area is 134 Å². The smallest absolute Gasteiger partial charge is 0.257 e. The van der Waals surface area contributed by atoms with E-state index in [-0.39, 0.29) is 11.3 Å². The summed E-state index contributed by atoms with van der Waals surface area (Å²) >= 11 is 0. The van der Waals surface area contributed by atoms with Gasteiger partial charge < -0.3 is 9.67 Å². The second-order valence-corrected chi connectivity index (χ2v) is 6.19. The number of pyridine rings is 1. The van der Waals surface area contributed by atoms with Crippen LogP contribution in [-0.2, 0) is 25.8 Å². The molecule has 0 amide bonds. The van der Waals surface area contributed by atoms with Crippen LogP contribution in [0.2, 0.25) is 0 Å². The second kappa shape index (κ2) is 5.58. The van der Waals surface area contributed by atoms with Crippen molar-refractivity contribution >= 4 is 10.9 Å². The maximum Gasteiger partial charge on any atom is 0.257 e. The van der Waals surface area contributed by atoms with Crippen LogP contribution in [0.15, 0.2) is 53.3 Å². The van der Waals surface area contributed by atoms with Crippen LogP contribution in [0.25, 0.3) is 10.9 Å². The summed E-state index contributed by atoms with van der Waals surface area (Å²) in [6, 6.07) is 16.0. The molecule has 0 fully saturated rings. The lowest BCUT2D eigenvalue weighted by molar-refractivity contribution is 0.468. The first kappa shape index (κ1) is 14.1. The summed E-state index contributed by atoms with van der Waals surface area (Å²) in [5.74, 6) is 0.168. The highest BCUT2D eigenvalue weighted by molar-refractivity contribution is 5.89. The van der Waals surface area contributed by atoms with Gasteiger partial charge in [0.1, 0.15) is 5.75 Å². The lowest BCUT2D eigenvalue weighted by Crippen LogP contribution is -2.27. The van der Waals surface area contributed by atoms with Crippen LogP contribution >= 0.6 is 0 Å². The Morgan fingerprint density at radius 3 is 2.65 bits per heavy atom. The average Bonchev–Trinajstić information content (AvgIpc) is 2.60. The highest BCUT2D eigenvalue weighted by Gasteiger charge is 2.20. The molecule has 116 valence electrons. The molecule has 23 heavy (non-hydrogen) atoms. The van der Waals surface area contributed by atoms with Gasteiger partial charge in [-0.1, -0.05) is 42.5 Å². The first-order chi connectivity index (χ1) is 11.3. The van der Waals surface area contributed by atoms with Gasteiger partial charge in [0.15, 0.2) is 0 Å². The average molecular weight is 305 g/mol. The molecule has 0 atom stereocenters. The fourth-order valence-electron chi connectivity index (χ4n) is 3.61. The summed E-state index contributed by atoms with van der Waals surface area (Å²) in [7, 11) is 0. The number of aryl methyl sites for hydroxylation is 3. The van der Waals surface area contributed by atoms with Gasteiger partial charge in [-0.15, -0.1) is 0 Å². The fourth-order valence-corrected chi connectivity index (χ4v) is 3.61. The molecule has 1 aromatic heterocycles. The number of hydrogen-bond donors (Lipinski definition) is 1. The van der Waals surface area contributed by atoms with E-state index in [1.165, 1.54) is 5.56 Å². The number of rotatable bonds is 3. The van der Waals surface area contributed by atoms with Gasteiger partial charge in [0.2, 0.25) is 0 Å². The predicted molar refractivity (Wildman–Crippen MR) is 92.0 cm³/mol. The summed E-state index contributed by atoms with van der Waals surface area (Å²) in [4.78, 5) is 12.8. The van der Waals surface area contributed by atoms with Gasteiger partial charge in [0, 0.05) is 11.9 Å². The van der Waals surface area contributed by atoms with Crippen LogP contribution in [-0.4, -0.2) is 9.67 Å². The third kappa shape index (κ3) is 2.33. The molecule has 4 rings (SSSR count). The van der Waals surface area contributed by atoms with Crippen LogP contribution in [0.5, 0.6) is 5.75 Å². The van der Waals surface area contributed by atoms with Gasteiger partial charge in [0.25, 0.3) is 5.56 Å². The molecule has 0 aliphatic carbocycles. The van der Waals surface area contributed by atoms with E-state index >= 15 is 0 Å². The quantitative estimate of drug-likeness (QED) is 0.805. The molecule has 0 unspecified atom stereocenters. The Balaban J connectivity index is 1.83. The van der Waals surface area contributed by atoms with Gasteiger partial charge >= 0.3 is 0 Å². The number of hydrogen-bond acceptors (Lipinski definition) is 2. The molecule has 3 aromatic rings. The zero-order chi connectivity index (χ0) is 15.8. The van der Waals surface area contributed by atoms with Crippen molar-refractivity contribution in [2.24, 2.45) is 0 Å². The standard InChI is InChI=1S/C20H19NO2/c22-19-16-10-4-8-15-9-5-13-21(18(15)16)20(23)17(19)12-11-14-6-2-1-3-7-14/h1-4,6-8,10,22H,5,9,11-13H2. The van der Waals surface area contributed by atoms with Gasteiger partial charge in [-0.05, 0) is 42.9 Å². The van der Waals surface area contributed by atoms with E-state index in [1.54, 1.807) is 0 Å². The minimum absolute atomic E-state index is 0.0296. The van der Waals surface area contributed by atoms with Gasteiger partial charge in [-0.25, -0.2) is 0 Å². The van der Waals surface area contributed by atoms with Crippen LogP contribution in [0.4, 0.5) is 0 Å². The number of aromatic hydroxyl groups is 1. The fraction of sp³-hybridized carbons (Fsp3) is 0.250. The van der Waals surface area contributed by atoms with Crippen molar-refractivity contribution in [3.05, 3.63) is 75.6 Å². The largest absolute Gasteiger partial charge is 0.507 e. The number of para-hydroxylation sites is 1. The third-order valence-corrected chi connectivity index (χ3v) is 4.77. The summed E-state index contributed by atoms with van der Waals surface area (Å²) in [6.07, 6.45) is 3.28. The zero-order valence-corrected chi connectivity index (χ0v) is 13.0. The molecule has 0 spiro atoms. The van der Waals surface area contributed by atoms with Crippen molar-refractivity contribution in [3.8, 4) is 5.75 Å². The molecule has 2 aromatic carbocycles. The molecule has 0 bridgehead atoms. The van der Waals surface area contributed by atoms with Crippen LogP contribution in [0.3, 0.4) is 0 Å². The van der Waals surface area contributed by atoms with E-state index < -0.39 is 0 Å². The molecule has 3 heteroatoms. The first-order valence-corrected chi connectivity index (χ1v) is 8.16. The zero-order valence-electron chi connectivity index (χ0n) is 13.0. The molecule has 0 saturated carbocycles. The summed E-state index contributed by atoms with van der Waals surface area (Å²) in [6.45, 7) is 0.741. The molecular formula is C20H19NO2. The molecule has 3 nitrogen and oxygen atoms in total. The Morgan fingerprint density at radius 1 is 1.00 bits per heavy atom. The molecule has 1 aliphatic rings. The normalized spacial score (nSPS) is 13.4. The Kier molecular flexibility index (Phi) is 3.41. The monoisotopic (exact) mass is 305 g/mol. The van der Waals surface area contributed by atoms with Crippen LogP contribution in [0.1, 0.15) is 23.1 Å². The van der Waals surface area contributed by atoms with Gasteiger partial charge in [0.05, 0.1) is 11.1 Å². The summed E-state index contributed by atoms with van der Waals surface area (Å²) < 4.78 is 1.86. The summed E-state index contributed by atoms with van der Waals surface area (Å²) in [5.41, 5.74) is 3.78. The van der Waals surface area contributed by atoms with Crippen molar-refractivity contribution in [2.75, 3.05) is 0 Å². The first-order valence-electron chi connectivity index (χ1n) is 8.16. The highest BCUT2D eigenvalue weighted by Crippen LogP contribution is 2.31. The van der Waals surface area contributed by atoms with E-state index in [4.69, 9.17) is 0 Å². The minimum atomic E-state index is -0.0296. The van der Waals surface area contributed by atoms with Gasteiger partial charge in [-0.2, -0.15) is 0 Å². The second-order valence-electron chi connectivity index (χ2n) is 6.19. The summed E-state index contributed by atoms with van der Waals surface area (Å²) in [5, 5.41) is 11.5. The molecule has 0 saturated heterocycles.